The molecule has 3 fully saturated rings. The van der Waals surface area contributed by atoms with Gasteiger partial charge in [0.15, 0.2) is 0 Å². The van der Waals surface area contributed by atoms with Crippen LogP contribution in [0.25, 0.3) is 0 Å². The van der Waals surface area contributed by atoms with E-state index in [1.807, 2.05) is 19.1 Å². The zero-order valence-corrected chi connectivity index (χ0v) is 21.4. The molecule has 0 aromatic heterocycles. The Morgan fingerprint density at radius 2 is 1.79 bits per heavy atom. The number of piperazine rings is 1. The van der Waals surface area contributed by atoms with Gasteiger partial charge < -0.3 is 15.3 Å². The molecule has 2 amide bonds. The molecule has 2 N–H and O–H groups in total. The van der Waals surface area contributed by atoms with Crippen LogP contribution in [0.4, 0.5) is 5.69 Å². The summed E-state index contributed by atoms with van der Waals surface area (Å²) >= 11 is 6.45. The van der Waals surface area contributed by atoms with Gasteiger partial charge in [-0.05, 0) is 81.5 Å². The highest BCUT2D eigenvalue weighted by molar-refractivity contribution is 6.31. The van der Waals surface area contributed by atoms with Gasteiger partial charge in [-0.15, -0.1) is 0 Å². The van der Waals surface area contributed by atoms with E-state index in [1.54, 1.807) is 0 Å². The fourth-order valence-electron chi connectivity index (χ4n) is 5.99. The molecule has 0 bridgehead atoms. The molecule has 34 heavy (non-hydrogen) atoms. The van der Waals surface area contributed by atoms with Crippen molar-refractivity contribution in [3.63, 3.8) is 0 Å². The van der Waals surface area contributed by atoms with Crippen LogP contribution >= 0.6 is 11.6 Å². The smallest absolute Gasteiger partial charge is 0.226 e. The van der Waals surface area contributed by atoms with Gasteiger partial charge in [-0.3, -0.25) is 14.5 Å². The largest absolute Gasteiger partial charge is 0.393 e. The van der Waals surface area contributed by atoms with Crippen molar-refractivity contribution in [1.82, 2.24) is 9.80 Å². The van der Waals surface area contributed by atoms with Crippen LogP contribution in [0.5, 0.6) is 0 Å². The van der Waals surface area contributed by atoms with Crippen LogP contribution < -0.4 is 5.32 Å². The lowest BCUT2D eigenvalue weighted by atomic mass is 9.85. The van der Waals surface area contributed by atoms with E-state index in [-0.39, 0.29) is 24.0 Å². The van der Waals surface area contributed by atoms with Gasteiger partial charge in [0.2, 0.25) is 11.8 Å². The first kappa shape index (κ1) is 25.5. The Kier molecular flexibility index (Phi) is 8.54. The molecule has 2 saturated carbocycles. The van der Waals surface area contributed by atoms with Crippen molar-refractivity contribution in [2.24, 2.45) is 11.8 Å². The average molecular weight is 490 g/mol. The maximum absolute atomic E-state index is 12.9. The third-order valence-corrected chi connectivity index (χ3v) is 8.36. The first-order chi connectivity index (χ1) is 16.3. The molecular weight excluding hydrogens is 450 g/mol. The van der Waals surface area contributed by atoms with Gasteiger partial charge >= 0.3 is 0 Å². The van der Waals surface area contributed by atoms with E-state index in [9.17, 15) is 14.7 Å². The number of hydrogen-bond acceptors (Lipinski definition) is 4. The summed E-state index contributed by atoms with van der Waals surface area (Å²) in [6, 6.07) is 4.04. The number of nitrogens with one attached hydrogen (secondary N) is 1. The van der Waals surface area contributed by atoms with Crippen LogP contribution in [0, 0.1) is 18.8 Å². The highest BCUT2D eigenvalue weighted by atomic mass is 35.5. The van der Waals surface area contributed by atoms with E-state index >= 15 is 0 Å². The topological polar surface area (TPSA) is 72.9 Å². The quantitative estimate of drug-likeness (QED) is 0.604. The number of aliphatic hydroxyl groups is 1. The Bertz CT molecular complexity index is 878. The maximum atomic E-state index is 12.9. The monoisotopic (exact) mass is 489 g/mol. The Morgan fingerprint density at radius 1 is 1.09 bits per heavy atom. The molecule has 1 aromatic carbocycles. The van der Waals surface area contributed by atoms with Crippen molar-refractivity contribution in [1.29, 1.82) is 0 Å². The standard InChI is InChI=1S/C27H40ClN3O3/c1-18-16-30(11-12-31(18)27(34)21-5-3-4-6-21)17-22-14-23(28)15-25(19(22)2)29-26(33)13-20-7-9-24(32)10-8-20/h14-15,18,20-21,24,32H,3-13,16-17H2,1-2H3,(H,29,33)/t18-,20-,24-/m0/s1. The van der Waals surface area contributed by atoms with Crippen molar-refractivity contribution < 1.29 is 14.7 Å². The summed E-state index contributed by atoms with van der Waals surface area (Å²) in [7, 11) is 0. The van der Waals surface area contributed by atoms with Crippen molar-refractivity contribution in [2.45, 2.75) is 90.3 Å². The molecule has 1 atom stereocenters. The fraction of sp³-hybridized carbons (Fsp3) is 0.704. The summed E-state index contributed by atoms with van der Waals surface area (Å²) in [5, 5.41) is 13.4. The molecule has 2 aliphatic carbocycles. The van der Waals surface area contributed by atoms with Gasteiger partial charge in [-0.1, -0.05) is 24.4 Å². The Balaban J connectivity index is 1.34. The van der Waals surface area contributed by atoms with Crippen LogP contribution in [0.3, 0.4) is 0 Å². The number of halogens is 1. The molecule has 7 heteroatoms. The maximum Gasteiger partial charge on any atom is 0.226 e. The van der Waals surface area contributed by atoms with Gasteiger partial charge in [0.25, 0.3) is 0 Å². The summed E-state index contributed by atoms with van der Waals surface area (Å²) in [6.45, 7) is 7.42. The second-order valence-electron chi connectivity index (χ2n) is 10.8. The molecule has 1 aliphatic heterocycles. The first-order valence-corrected chi connectivity index (χ1v) is 13.5. The molecule has 1 saturated heterocycles. The third kappa shape index (κ3) is 6.32. The molecule has 1 heterocycles. The minimum atomic E-state index is -0.206. The van der Waals surface area contributed by atoms with Gasteiger partial charge in [-0.2, -0.15) is 0 Å². The second-order valence-corrected chi connectivity index (χ2v) is 11.2. The van der Waals surface area contributed by atoms with E-state index in [0.29, 0.717) is 23.3 Å². The second kappa shape index (κ2) is 11.4. The number of amides is 2. The minimum Gasteiger partial charge on any atom is -0.393 e. The molecule has 4 rings (SSSR count). The predicted molar refractivity (Wildman–Crippen MR) is 136 cm³/mol. The lowest BCUT2D eigenvalue weighted by molar-refractivity contribution is -0.140. The number of aliphatic hydroxyl groups excluding tert-OH is 1. The van der Waals surface area contributed by atoms with Gasteiger partial charge in [0.05, 0.1) is 6.10 Å². The van der Waals surface area contributed by atoms with Crippen molar-refractivity contribution in [3.05, 3.63) is 28.3 Å². The van der Waals surface area contributed by atoms with Crippen molar-refractivity contribution in [3.8, 4) is 0 Å². The number of rotatable bonds is 6. The predicted octanol–water partition coefficient (Wildman–Crippen LogP) is 4.75. The summed E-state index contributed by atoms with van der Waals surface area (Å²) in [5.41, 5.74) is 2.95. The summed E-state index contributed by atoms with van der Waals surface area (Å²) in [6.07, 6.45) is 8.12. The third-order valence-electron chi connectivity index (χ3n) is 8.14. The Labute approximate surface area is 209 Å². The van der Waals surface area contributed by atoms with Crippen LogP contribution in [-0.4, -0.2) is 58.5 Å². The lowest BCUT2D eigenvalue weighted by Gasteiger charge is -2.41. The number of benzene rings is 1. The normalized spacial score (nSPS) is 26.6. The van der Waals surface area contributed by atoms with Crippen molar-refractivity contribution in [2.75, 3.05) is 25.0 Å². The Morgan fingerprint density at radius 3 is 2.47 bits per heavy atom. The summed E-state index contributed by atoms with van der Waals surface area (Å²) in [4.78, 5) is 30.1. The van der Waals surface area contributed by atoms with E-state index in [2.05, 4.69) is 22.0 Å². The molecule has 6 nitrogen and oxygen atoms in total. The number of nitrogens with zero attached hydrogens (tertiary/aromatic N) is 2. The number of anilines is 1. The molecule has 1 aromatic rings. The molecule has 0 unspecified atom stereocenters. The first-order valence-electron chi connectivity index (χ1n) is 13.1. The van der Waals surface area contributed by atoms with Crippen LogP contribution in [0.2, 0.25) is 5.02 Å². The van der Waals surface area contributed by atoms with E-state index < -0.39 is 0 Å². The van der Waals surface area contributed by atoms with Crippen LogP contribution in [0.1, 0.15) is 75.8 Å². The number of carbonyl (C=O) groups is 2. The lowest BCUT2D eigenvalue weighted by Crippen LogP contribution is -2.54. The van der Waals surface area contributed by atoms with Crippen LogP contribution in [-0.2, 0) is 16.1 Å². The molecular formula is C27H40ClN3O3. The van der Waals surface area contributed by atoms with E-state index in [0.717, 1.165) is 81.5 Å². The van der Waals surface area contributed by atoms with Crippen LogP contribution in [0.15, 0.2) is 12.1 Å². The molecule has 188 valence electrons. The molecule has 0 spiro atoms. The van der Waals surface area contributed by atoms with Gasteiger partial charge in [0.1, 0.15) is 0 Å². The molecule has 0 radical (unpaired) electrons. The van der Waals surface area contributed by atoms with E-state index in [4.69, 9.17) is 11.6 Å². The average Bonchev–Trinajstić information content (AvgIpc) is 3.33. The minimum absolute atomic E-state index is 0.0189. The summed E-state index contributed by atoms with van der Waals surface area (Å²) < 4.78 is 0. The van der Waals surface area contributed by atoms with Gasteiger partial charge in [0, 0.05) is 55.3 Å². The summed E-state index contributed by atoms with van der Waals surface area (Å²) in [5.74, 6) is 0.938. The highest BCUT2D eigenvalue weighted by Gasteiger charge is 2.33. The zero-order valence-electron chi connectivity index (χ0n) is 20.7. The van der Waals surface area contributed by atoms with Gasteiger partial charge in [-0.25, -0.2) is 0 Å². The highest BCUT2D eigenvalue weighted by Crippen LogP contribution is 2.31. The number of hydrogen-bond donors (Lipinski definition) is 2. The fourth-order valence-corrected chi connectivity index (χ4v) is 6.24. The zero-order chi connectivity index (χ0) is 24.2. The van der Waals surface area contributed by atoms with E-state index in [1.165, 1.54) is 12.8 Å². The van der Waals surface area contributed by atoms with Crippen molar-refractivity contribution >= 4 is 29.1 Å². The Hall–Kier alpha value is -1.63. The molecule has 3 aliphatic rings. The number of carbonyl (C=O) groups excluding carboxylic acids is 2. The SMILES string of the molecule is Cc1c(CN2CCN(C(=O)C3CCCC3)[C@@H](C)C2)cc(Cl)cc1NC(=O)C[C@H]1CC[C@H](O)CC1.